The maximum absolute atomic E-state index is 12.0. The molecule has 0 saturated heterocycles. The van der Waals surface area contributed by atoms with Gasteiger partial charge in [0.05, 0.1) is 19.2 Å². The average Bonchev–Trinajstić information content (AvgIpc) is 2.50. The number of carbonyl (C=O) groups excluding carboxylic acids is 2. The van der Waals surface area contributed by atoms with Crippen LogP contribution in [0.2, 0.25) is 19.6 Å². The zero-order valence-corrected chi connectivity index (χ0v) is 11.3. The normalized spacial score (nSPS) is 15.1. The Balaban J connectivity index is 2.58. The van der Waals surface area contributed by atoms with Crippen molar-refractivity contribution in [3.63, 3.8) is 0 Å². The molecule has 88 valence electrons. The Morgan fingerprint density at radius 1 is 1.12 bits per heavy atom. The molecule has 0 fully saturated rings. The lowest BCUT2D eigenvalue weighted by atomic mass is 10.1. The van der Waals surface area contributed by atoms with E-state index in [4.69, 9.17) is 0 Å². The lowest BCUT2D eigenvalue weighted by molar-refractivity contribution is 0.0722. The van der Waals surface area contributed by atoms with Gasteiger partial charge in [-0.15, -0.1) is 0 Å². The first-order valence-corrected chi connectivity index (χ1v) is 9.01. The van der Waals surface area contributed by atoms with E-state index in [-0.39, 0.29) is 11.8 Å². The van der Waals surface area contributed by atoms with Crippen molar-refractivity contribution < 1.29 is 9.59 Å². The van der Waals surface area contributed by atoms with Gasteiger partial charge in [-0.3, -0.25) is 9.59 Å². The van der Waals surface area contributed by atoms with Crippen molar-refractivity contribution in [3.05, 3.63) is 42.1 Å². The Kier molecular flexibility index (Phi) is 2.54. The summed E-state index contributed by atoms with van der Waals surface area (Å²) < 4.78 is 0. The number of fused-ring (bicyclic) bond motifs is 1. The largest absolute Gasteiger partial charge is 0.268 e. The van der Waals surface area contributed by atoms with Gasteiger partial charge in [-0.05, 0) is 12.1 Å². The molecule has 2 amide bonds. The Morgan fingerprint density at radius 2 is 1.71 bits per heavy atom. The van der Waals surface area contributed by atoms with Crippen LogP contribution in [0, 0.1) is 0 Å². The van der Waals surface area contributed by atoms with E-state index < -0.39 is 8.07 Å². The van der Waals surface area contributed by atoms with Gasteiger partial charge in [0.15, 0.2) is 0 Å². The highest BCUT2D eigenvalue weighted by Gasteiger charge is 2.34. The van der Waals surface area contributed by atoms with Gasteiger partial charge in [0.2, 0.25) is 0 Å². The lowest BCUT2D eigenvalue weighted by Gasteiger charge is -2.16. The third-order valence-electron chi connectivity index (χ3n) is 2.97. The topological polar surface area (TPSA) is 37.4 Å². The van der Waals surface area contributed by atoms with Crippen LogP contribution in [-0.2, 0) is 0 Å². The van der Waals surface area contributed by atoms with E-state index in [0.717, 1.165) is 4.90 Å². The monoisotopic (exact) mass is 245 g/mol. The van der Waals surface area contributed by atoms with E-state index in [9.17, 15) is 9.59 Å². The molecule has 0 unspecified atom stereocenters. The van der Waals surface area contributed by atoms with Gasteiger partial charge in [-0.2, -0.15) is 0 Å². The van der Waals surface area contributed by atoms with Crippen LogP contribution < -0.4 is 5.19 Å². The van der Waals surface area contributed by atoms with E-state index in [0.29, 0.717) is 11.1 Å². The molecule has 2 rings (SSSR count). The van der Waals surface area contributed by atoms with Crippen LogP contribution in [0.15, 0.2) is 31.0 Å². The quantitative estimate of drug-likeness (QED) is 0.590. The summed E-state index contributed by atoms with van der Waals surface area (Å²) in [5.74, 6) is -0.540. The molecule has 0 spiro atoms. The van der Waals surface area contributed by atoms with Crippen LogP contribution in [0.5, 0.6) is 0 Å². The molecule has 0 atom stereocenters. The number of carbonyl (C=O) groups is 2. The number of nitrogens with zero attached hydrogens (tertiary/aromatic N) is 1. The third kappa shape index (κ3) is 1.74. The maximum Gasteiger partial charge on any atom is 0.265 e. The summed E-state index contributed by atoms with van der Waals surface area (Å²) in [6.45, 7) is 10.1. The molecule has 1 aliphatic heterocycles. The Labute approximate surface area is 102 Å². The number of hydrogen-bond acceptors (Lipinski definition) is 2. The van der Waals surface area contributed by atoms with Gasteiger partial charge in [-0.1, -0.05) is 37.5 Å². The summed E-state index contributed by atoms with van der Waals surface area (Å²) in [4.78, 5) is 24.9. The molecule has 0 N–H and O–H groups in total. The molecule has 0 radical (unpaired) electrons. The van der Waals surface area contributed by atoms with Crippen molar-refractivity contribution >= 4 is 25.1 Å². The zero-order chi connectivity index (χ0) is 12.8. The molecular weight excluding hydrogens is 230 g/mol. The van der Waals surface area contributed by atoms with Gasteiger partial charge in [0.25, 0.3) is 11.8 Å². The SMILES string of the molecule is C=CN1C(=O)c2ccc([Si](C)(C)C)cc2C1=O. The van der Waals surface area contributed by atoms with E-state index >= 15 is 0 Å². The van der Waals surface area contributed by atoms with Gasteiger partial charge in [0.1, 0.15) is 0 Å². The molecule has 0 bridgehead atoms. The van der Waals surface area contributed by atoms with Crippen LogP contribution in [-0.4, -0.2) is 24.8 Å². The highest BCUT2D eigenvalue weighted by molar-refractivity contribution is 6.88. The minimum absolute atomic E-state index is 0.264. The van der Waals surface area contributed by atoms with E-state index in [1.165, 1.54) is 11.4 Å². The number of imide groups is 1. The summed E-state index contributed by atoms with van der Waals surface area (Å²) in [6, 6.07) is 5.58. The van der Waals surface area contributed by atoms with Crippen LogP contribution in [0.3, 0.4) is 0 Å². The molecule has 4 heteroatoms. The van der Waals surface area contributed by atoms with Gasteiger partial charge >= 0.3 is 0 Å². The summed E-state index contributed by atoms with van der Waals surface area (Å²) in [6.07, 6.45) is 1.28. The highest BCUT2D eigenvalue weighted by Crippen LogP contribution is 2.22. The second-order valence-corrected chi connectivity index (χ2v) is 10.3. The summed E-state index contributed by atoms with van der Waals surface area (Å²) in [5.41, 5.74) is 0.992. The van der Waals surface area contributed by atoms with Crippen molar-refractivity contribution in [2.75, 3.05) is 0 Å². The first kappa shape index (κ1) is 11.8. The van der Waals surface area contributed by atoms with E-state index in [1.807, 2.05) is 12.1 Å². The van der Waals surface area contributed by atoms with Gasteiger partial charge in [0, 0.05) is 6.20 Å². The molecule has 1 heterocycles. The van der Waals surface area contributed by atoms with E-state index in [1.54, 1.807) is 6.07 Å². The van der Waals surface area contributed by atoms with Crippen LogP contribution in [0.1, 0.15) is 20.7 Å². The predicted octanol–water partition coefficient (Wildman–Crippen LogP) is 1.97. The number of benzene rings is 1. The molecule has 1 aliphatic rings. The molecular formula is C13H15NO2Si. The van der Waals surface area contributed by atoms with Crippen molar-refractivity contribution in [1.29, 1.82) is 0 Å². The fourth-order valence-corrected chi connectivity index (χ4v) is 3.05. The minimum atomic E-state index is -1.47. The molecule has 1 aromatic carbocycles. The first-order chi connectivity index (χ1) is 7.86. The summed E-state index contributed by atoms with van der Waals surface area (Å²) >= 11 is 0. The molecule has 17 heavy (non-hydrogen) atoms. The number of hydrogen-bond donors (Lipinski definition) is 0. The van der Waals surface area contributed by atoms with Gasteiger partial charge < -0.3 is 0 Å². The Hall–Kier alpha value is -1.68. The van der Waals surface area contributed by atoms with Crippen molar-refractivity contribution in [1.82, 2.24) is 4.90 Å². The maximum atomic E-state index is 12.0. The molecule has 0 aliphatic carbocycles. The Morgan fingerprint density at radius 3 is 2.24 bits per heavy atom. The van der Waals surface area contributed by atoms with Crippen LogP contribution >= 0.6 is 0 Å². The lowest BCUT2D eigenvalue weighted by Crippen LogP contribution is -2.37. The highest BCUT2D eigenvalue weighted by atomic mass is 28.3. The smallest absolute Gasteiger partial charge is 0.265 e. The van der Waals surface area contributed by atoms with Gasteiger partial charge in [-0.25, -0.2) is 4.90 Å². The van der Waals surface area contributed by atoms with Crippen LogP contribution in [0.4, 0.5) is 0 Å². The fraction of sp³-hybridized carbons (Fsp3) is 0.231. The summed E-state index contributed by atoms with van der Waals surface area (Å²) in [7, 11) is -1.47. The fourth-order valence-electron chi connectivity index (χ4n) is 1.89. The number of rotatable bonds is 2. The average molecular weight is 245 g/mol. The Bertz CT molecular complexity index is 529. The molecule has 0 saturated carbocycles. The van der Waals surface area contributed by atoms with Crippen molar-refractivity contribution in [2.45, 2.75) is 19.6 Å². The number of amides is 2. The minimum Gasteiger partial charge on any atom is -0.268 e. The predicted molar refractivity (Wildman–Crippen MR) is 70.1 cm³/mol. The third-order valence-corrected chi connectivity index (χ3v) is 5.01. The summed E-state index contributed by atoms with van der Waals surface area (Å²) in [5, 5.41) is 1.18. The molecule has 1 aromatic rings. The van der Waals surface area contributed by atoms with Crippen molar-refractivity contribution in [2.24, 2.45) is 0 Å². The second kappa shape index (κ2) is 3.67. The van der Waals surface area contributed by atoms with Crippen LogP contribution in [0.25, 0.3) is 0 Å². The standard InChI is InChI=1S/C13H15NO2Si/c1-5-14-12(15)10-7-6-9(17(2,3)4)8-11(10)13(14)16/h5-8H,1H2,2-4H3. The first-order valence-electron chi connectivity index (χ1n) is 5.51. The molecule has 3 nitrogen and oxygen atoms in total. The molecule has 0 aromatic heterocycles. The van der Waals surface area contributed by atoms with E-state index in [2.05, 4.69) is 26.2 Å². The zero-order valence-electron chi connectivity index (χ0n) is 10.3. The van der Waals surface area contributed by atoms with Crippen molar-refractivity contribution in [3.8, 4) is 0 Å². The second-order valence-electron chi connectivity index (χ2n) is 5.17.